The topological polar surface area (TPSA) is 95.9 Å². The number of rotatable bonds is 39. The number of aliphatic hydroxyl groups is 2. The van der Waals surface area contributed by atoms with Crippen molar-refractivity contribution in [3.63, 3.8) is 0 Å². The van der Waals surface area contributed by atoms with Crippen LogP contribution in [0.25, 0.3) is 0 Å². The highest BCUT2D eigenvalue weighted by Gasteiger charge is 2.23. The Morgan fingerprint density at radius 1 is 0.552 bits per heavy atom. The van der Waals surface area contributed by atoms with Crippen LogP contribution in [0, 0.1) is 0 Å². The number of nitrogens with one attached hydrogen (secondary N) is 1. The highest BCUT2D eigenvalue weighted by molar-refractivity contribution is 5.77. The molecule has 58 heavy (non-hydrogen) atoms. The molecule has 0 aromatic heterocycles. The molecule has 0 aromatic rings. The third-order valence-corrected chi connectivity index (χ3v) is 9.72. The van der Waals surface area contributed by atoms with Gasteiger partial charge in [-0.05, 0) is 57.8 Å². The standard InChI is InChI=1S/C52H85NO5/c1-4-7-10-13-16-19-22-23-24-25-26-27-30-33-36-39-42-45-52(57)58-48(43-40-37-34-31-28-20-17-14-11-8-5-2)46-51(56)53-49(47-54)50(55)44-41-38-35-32-29-21-18-15-12-9-6-3/h8,11,14,16-17,19-20,23-24,26-28,31,33-34,36-37,40,48-50,54-55H,4-7,9-10,12-13,15,18,21-22,25,29-30,32,35,38-39,41-47H2,1-3H3,(H,53,56)/b11-8+,17-14+,19-16-,24-23-,27-26-,28-20-,34-31-,36-33-,40-37+. The maximum atomic E-state index is 13.1. The number of unbranched alkanes of at least 4 members (excludes halogenated alkanes) is 14. The summed E-state index contributed by atoms with van der Waals surface area (Å²) in [7, 11) is 0. The largest absolute Gasteiger partial charge is 0.461 e. The number of aliphatic hydroxyl groups excluding tert-OH is 2. The van der Waals surface area contributed by atoms with E-state index in [-0.39, 0.29) is 31.3 Å². The Labute approximate surface area is 356 Å². The molecule has 6 heteroatoms. The second-order valence-electron chi connectivity index (χ2n) is 15.2. The van der Waals surface area contributed by atoms with E-state index in [1.54, 1.807) is 0 Å². The molecule has 0 saturated heterocycles. The van der Waals surface area contributed by atoms with E-state index in [4.69, 9.17) is 4.74 Å². The zero-order valence-electron chi connectivity index (χ0n) is 37.1. The zero-order valence-corrected chi connectivity index (χ0v) is 37.1. The number of carbonyl (C=O) groups excluding carboxylic acids is 2. The van der Waals surface area contributed by atoms with Gasteiger partial charge in [-0.2, -0.15) is 0 Å². The Hall–Kier alpha value is -3.48. The van der Waals surface area contributed by atoms with Crippen molar-refractivity contribution in [3.05, 3.63) is 109 Å². The van der Waals surface area contributed by atoms with Crippen molar-refractivity contribution in [3.8, 4) is 0 Å². The molecule has 0 heterocycles. The highest BCUT2D eigenvalue weighted by atomic mass is 16.5. The molecule has 3 N–H and O–H groups in total. The molecule has 0 aliphatic heterocycles. The fraction of sp³-hybridized carbons (Fsp3) is 0.615. The number of carbonyl (C=O) groups is 2. The van der Waals surface area contributed by atoms with Gasteiger partial charge in [0.25, 0.3) is 0 Å². The molecule has 0 aliphatic carbocycles. The van der Waals surface area contributed by atoms with Crippen LogP contribution in [-0.2, 0) is 14.3 Å². The predicted octanol–water partition coefficient (Wildman–Crippen LogP) is 13.6. The first-order chi connectivity index (χ1) is 28.5. The van der Waals surface area contributed by atoms with Gasteiger partial charge in [-0.1, -0.05) is 214 Å². The van der Waals surface area contributed by atoms with Crippen LogP contribution in [-0.4, -0.2) is 46.9 Å². The quantitative estimate of drug-likeness (QED) is 0.0249. The van der Waals surface area contributed by atoms with Gasteiger partial charge in [0, 0.05) is 12.8 Å². The van der Waals surface area contributed by atoms with Crippen molar-refractivity contribution < 1.29 is 24.5 Å². The number of esters is 1. The molecule has 3 atom stereocenters. The fourth-order valence-corrected chi connectivity index (χ4v) is 6.21. The van der Waals surface area contributed by atoms with Gasteiger partial charge in [0.15, 0.2) is 0 Å². The minimum atomic E-state index is -0.832. The minimum absolute atomic E-state index is 0.0470. The van der Waals surface area contributed by atoms with Gasteiger partial charge in [-0.25, -0.2) is 0 Å². The van der Waals surface area contributed by atoms with E-state index in [0.29, 0.717) is 19.3 Å². The molecule has 0 aromatic carbocycles. The molecular formula is C52H85NO5. The van der Waals surface area contributed by atoms with Gasteiger partial charge in [-0.15, -0.1) is 0 Å². The predicted molar refractivity (Wildman–Crippen MR) is 250 cm³/mol. The smallest absolute Gasteiger partial charge is 0.306 e. The van der Waals surface area contributed by atoms with Crippen LogP contribution in [0.15, 0.2) is 109 Å². The first-order valence-electron chi connectivity index (χ1n) is 23.2. The van der Waals surface area contributed by atoms with Gasteiger partial charge >= 0.3 is 5.97 Å². The van der Waals surface area contributed by atoms with Crippen molar-refractivity contribution >= 4 is 11.9 Å². The van der Waals surface area contributed by atoms with Crippen molar-refractivity contribution in [2.75, 3.05) is 6.61 Å². The highest BCUT2D eigenvalue weighted by Crippen LogP contribution is 2.15. The van der Waals surface area contributed by atoms with E-state index in [9.17, 15) is 19.8 Å². The maximum Gasteiger partial charge on any atom is 0.306 e. The third kappa shape index (κ3) is 39.4. The van der Waals surface area contributed by atoms with Crippen LogP contribution in [0.2, 0.25) is 0 Å². The number of hydrogen-bond donors (Lipinski definition) is 3. The Balaban J connectivity index is 4.82. The molecule has 0 radical (unpaired) electrons. The maximum absolute atomic E-state index is 13.1. The third-order valence-electron chi connectivity index (χ3n) is 9.72. The van der Waals surface area contributed by atoms with Crippen molar-refractivity contribution in [1.82, 2.24) is 5.32 Å². The summed E-state index contributed by atoms with van der Waals surface area (Å²) >= 11 is 0. The van der Waals surface area contributed by atoms with Crippen LogP contribution < -0.4 is 5.32 Å². The lowest BCUT2D eigenvalue weighted by Gasteiger charge is -2.24. The summed E-state index contributed by atoms with van der Waals surface area (Å²) < 4.78 is 5.79. The van der Waals surface area contributed by atoms with Crippen LogP contribution in [0.4, 0.5) is 0 Å². The molecule has 0 bridgehead atoms. The van der Waals surface area contributed by atoms with Gasteiger partial charge in [0.2, 0.25) is 5.91 Å². The summed E-state index contributed by atoms with van der Waals surface area (Å²) in [6.45, 7) is 6.22. The molecule has 6 nitrogen and oxygen atoms in total. The average Bonchev–Trinajstić information content (AvgIpc) is 3.22. The molecule has 0 spiro atoms. The Bertz CT molecular complexity index is 1220. The minimum Gasteiger partial charge on any atom is -0.461 e. The number of ether oxygens (including phenoxy) is 1. The van der Waals surface area contributed by atoms with E-state index < -0.39 is 18.2 Å². The lowest BCUT2D eigenvalue weighted by Crippen LogP contribution is -2.46. The van der Waals surface area contributed by atoms with E-state index in [0.717, 1.165) is 51.4 Å². The SMILES string of the molecule is CC/C=C/C=C/C=C\C=C/C=C/CC(CC(=O)NC(CO)C(O)CCCCCCCCCCCCC)OC(=O)CCC/C=C\C/C=C\C/C=C\C/C=C\CCCCC. The fourth-order valence-electron chi connectivity index (χ4n) is 6.21. The first kappa shape index (κ1) is 54.5. The number of hydrogen-bond acceptors (Lipinski definition) is 5. The van der Waals surface area contributed by atoms with Crippen LogP contribution in [0.1, 0.15) is 181 Å². The summed E-state index contributed by atoms with van der Waals surface area (Å²) in [6.07, 6.45) is 60.3. The summed E-state index contributed by atoms with van der Waals surface area (Å²) in [5.41, 5.74) is 0. The molecule has 3 unspecified atom stereocenters. The van der Waals surface area contributed by atoms with Crippen molar-refractivity contribution in [2.45, 2.75) is 200 Å². The van der Waals surface area contributed by atoms with Gasteiger partial charge in [0.05, 0.1) is 25.2 Å². The molecule has 328 valence electrons. The Kier molecular flexibility index (Phi) is 41.9. The summed E-state index contributed by atoms with van der Waals surface area (Å²) in [5, 5.41) is 23.5. The molecule has 0 aliphatic rings. The van der Waals surface area contributed by atoms with Gasteiger partial charge < -0.3 is 20.3 Å². The summed E-state index contributed by atoms with van der Waals surface area (Å²) in [4.78, 5) is 25.9. The number of allylic oxidation sites excluding steroid dienone is 17. The van der Waals surface area contributed by atoms with Gasteiger partial charge in [0.1, 0.15) is 6.10 Å². The van der Waals surface area contributed by atoms with Gasteiger partial charge in [-0.3, -0.25) is 9.59 Å². The lowest BCUT2D eigenvalue weighted by atomic mass is 10.0. The van der Waals surface area contributed by atoms with Crippen LogP contribution in [0.5, 0.6) is 0 Å². The lowest BCUT2D eigenvalue weighted by molar-refractivity contribution is -0.150. The van der Waals surface area contributed by atoms with E-state index >= 15 is 0 Å². The molecule has 0 rings (SSSR count). The summed E-state index contributed by atoms with van der Waals surface area (Å²) in [6, 6.07) is -0.755. The van der Waals surface area contributed by atoms with Crippen molar-refractivity contribution in [1.29, 1.82) is 0 Å². The van der Waals surface area contributed by atoms with Crippen LogP contribution in [0.3, 0.4) is 0 Å². The normalized spacial score (nSPS) is 14.4. The molecule has 0 fully saturated rings. The van der Waals surface area contributed by atoms with Crippen LogP contribution >= 0.6 is 0 Å². The number of amides is 1. The van der Waals surface area contributed by atoms with E-state index in [1.165, 1.54) is 77.0 Å². The van der Waals surface area contributed by atoms with E-state index in [2.05, 4.69) is 80.8 Å². The Morgan fingerprint density at radius 2 is 1.02 bits per heavy atom. The average molecular weight is 804 g/mol. The monoisotopic (exact) mass is 804 g/mol. The van der Waals surface area contributed by atoms with Crippen molar-refractivity contribution in [2.24, 2.45) is 0 Å². The molecule has 0 saturated carbocycles. The van der Waals surface area contributed by atoms with E-state index in [1.807, 2.05) is 54.7 Å². The summed E-state index contributed by atoms with van der Waals surface area (Å²) in [5.74, 6) is -0.688. The molecular weight excluding hydrogens is 719 g/mol. The Morgan fingerprint density at radius 3 is 1.55 bits per heavy atom. The molecule has 1 amide bonds. The zero-order chi connectivity index (χ0) is 42.4. The first-order valence-corrected chi connectivity index (χ1v) is 23.2. The second-order valence-corrected chi connectivity index (χ2v) is 15.2. The second kappa shape index (κ2) is 44.6.